The Bertz CT molecular complexity index is 1070. The van der Waals surface area contributed by atoms with E-state index in [1.54, 1.807) is 18.2 Å². The Morgan fingerprint density at radius 3 is 2.42 bits per heavy atom. The maximum atomic E-state index is 13.2. The Labute approximate surface area is 182 Å². The Morgan fingerprint density at radius 2 is 1.74 bits per heavy atom. The molecule has 4 rings (SSSR count). The number of anilines is 1. The van der Waals surface area contributed by atoms with Crippen LogP contribution < -0.4 is 9.80 Å². The van der Waals surface area contributed by atoms with Gasteiger partial charge in [0.2, 0.25) is 5.78 Å². The van der Waals surface area contributed by atoms with Crippen molar-refractivity contribution in [3.63, 3.8) is 0 Å². The number of ketones is 1. The van der Waals surface area contributed by atoms with E-state index in [9.17, 15) is 14.3 Å². The van der Waals surface area contributed by atoms with Crippen molar-refractivity contribution < 1.29 is 19.2 Å². The van der Waals surface area contributed by atoms with Crippen LogP contribution in [0.15, 0.2) is 54.6 Å². The molecule has 0 aliphatic carbocycles. The molecule has 6 heteroatoms. The van der Waals surface area contributed by atoms with Gasteiger partial charge in [-0.15, -0.1) is 0 Å². The Hall–Kier alpha value is -3.12. The Balaban J connectivity index is 1.39. The first kappa shape index (κ1) is 21.1. The quantitative estimate of drug-likeness (QED) is 0.601. The van der Waals surface area contributed by atoms with Crippen molar-refractivity contribution in [2.45, 2.75) is 20.4 Å². The second-order valence-corrected chi connectivity index (χ2v) is 8.32. The lowest BCUT2D eigenvalue weighted by Gasteiger charge is -2.33. The van der Waals surface area contributed by atoms with E-state index in [0.717, 1.165) is 54.4 Å². The topological polar surface area (TPSA) is 49.9 Å². The van der Waals surface area contributed by atoms with Gasteiger partial charge in [0.05, 0.1) is 31.9 Å². The lowest BCUT2D eigenvalue weighted by atomic mass is 10.1. The highest BCUT2D eigenvalue weighted by atomic mass is 19.1. The van der Waals surface area contributed by atoms with Gasteiger partial charge in [0.1, 0.15) is 18.1 Å². The number of aromatic hydroxyl groups is 1. The fraction of sp³-hybridized carbons (Fsp3) is 0.320. The third-order valence-corrected chi connectivity index (χ3v) is 6.23. The van der Waals surface area contributed by atoms with Gasteiger partial charge in [-0.1, -0.05) is 24.3 Å². The van der Waals surface area contributed by atoms with Crippen molar-refractivity contribution in [3.05, 3.63) is 82.9 Å². The number of quaternary nitrogens is 1. The normalized spacial score (nSPS) is 14.7. The van der Waals surface area contributed by atoms with Gasteiger partial charge < -0.3 is 19.5 Å². The van der Waals surface area contributed by atoms with Crippen LogP contribution in [-0.2, 0) is 6.54 Å². The van der Waals surface area contributed by atoms with Gasteiger partial charge in [0.25, 0.3) is 0 Å². The maximum absolute atomic E-state index is 13.2. The first-order valence-corrected chi connectivity index (χ1v) is 10.7. The van der Waals surface area contributed by atoms with Gasteiger partial charge in [-0.25, -0.2) is 4.39 Å². The maximum Gasteiger partial charge on any atom is 0.218 e. The number of Topliss-reactive ketones (excluding diaryl/α,β-unsaturated/α-hetero) is 1. The molecule has 0 radical (unpaired) electrons. The van der Waals surface area contributed by atoms with Gasteiger partial charge in [-0.3, -0.25) is 4.79 Å². The van der Waals surface area contributed by atoms with E-state index in [0.29, 0.717) is 18.8 Å². The van der Waals surface area contributed by atoms with Crippen LogP contribution in [-0.4, -0.2) is 48.2 Å². The fourth-order valence-corrected chi connectivity index (χ4v) is 4.39. The van der Waals surface area contributed by atoms with Crippen LogP contribution in [0.4, 0.5) is 10.1 Å². The average Bonchev–Trinajstić information content (AvgIpc) is 3.05. The molecule has 1 fully saturated rings. The molecule has 5 nitrogen and oxygen atoms in total. The molecule has 0 bridgehead atoms. The molecule has 0 unspecified atom stereocenters. The van der Waals surface area contributed by atoms with E-state index < -0.39 is 0 Å². The molecule has 1 aliphatic rings. The van der Waals surface area contributed by atoms with Gasteiger partial charge in [0.15, 0.2) is 0 Å². The minimum absolute atomic E-state index is 0.157. The molecule has 1 aliphatic heterocycles. The number of carbonyl (C=O) groups excluding carboxylic acids is 1. The van der Waals surface area contributed by atoms with Crippen molar-refractivity contribution in [2.75, 3.05) is 37.6 Å². The molecule has 1 saturated heterocycles. The highest BCUT2D eigenvalue weighted by Crippen LogP contribution is 2.26. The molecule has 2 N–H and O–H groups in total. The van der Waals surface area contributed by atoms with Crippen molar-refractivity contribution in [1.82, 2.24) is 4.57 Å². The number of rotatable bonds is 6. The summed E-state index contributed by atoms with van der Waals surface area (Å²) in [6.07, 6.45) is 0. The first-order valence-electron chi connectivity index (χ1n) is 10.7. The molecule has 162 valence electrons. The Morgan fingerprint density at radius 1 is 1.06 bits per heavy atom. The molecule has 0 spiro atoms. The second kappa shape index (κ2) is 8.94. The number of hydrogen-bond donors (Lipinski definition) is 2. The summed E-state index contributed by atoms with van der Waals surface area (Å²) in [5, 5.41) is 10.1. The van der Waals surface area contributed by atoms with E-state index in [4.69, 9.17) is 0 Å². The molecule has 1 aromatic heterocycles. The van der Waals surface area contributed by atoms with Crippen LogP contribution in [0.1, 0.15) is 27.3 Å². The number of para-hydroxylation sites is 2. The molecule has 31 heavy (non-hydrogen) atoms. The Kier molecular flexibility index (Phi) is 6.09. The second-order valence-electron chi connectivity index (χ2n) is 8.32. The van der Waals surface area contributed by atoms with Gasteiger partial charge >= 0.3 is 0 Å². The smallest absolute Gasteiger partial charge is 0.218 e. The van der Waals surface area contributed by atoms with Crippen LogP contribution >= 0.6 is 0 Å². The summed E-state index contributed by atoms with van der Waals surface area (Å²) in [5.41, 5.74) is 4.63. The first-order chi connectivity index (χ1) is 14.9. The number of hydrogen-bond acceptors (Lipinski definition) is 3. The predicted octanol–water partition coefficient (Wildman–Crippen LogP) is 2.59. The molecule has 3 aromatic rings. The number of aromatic nitrogens is 1. The highest BCUT2D eigenvalue weighted by molar-refractivity contribution is 5.98. The zero-order valence-corrected chi connectivity index (χ0v) is 18.1. The number of nitrogens with one attached hydrogen (secondary N) is 1. The van der Waals surface area contributed by atoms with Gasteiger partial charge in [-0.2, -0.15) is 0 Å². The summed E-state index contributed by atoms with van der Waals surface area (Å²) in [4.78, 5) is 16.5. The van der Waals surface area contributed by atoms with Crippen molar-refractivity contribution >= 4 is 11.5 Å². The molecule has 2 heterocycles. The van der Waals surface area contributed by atoms with Crippen molar-refractivity contribution in [2.24, 2.45) is 0 Å². The molecule has 0 atom stereocenters. The minimum Gasteiger partial charge on any atom is -0.506 e. The van der Waals surface area contributed by atoms with E-state index in [1.165, 1.54) is 17.0 Å². The van der Waals surface area contributed by atoms with Crippen molar-refractivity contribution in [1.29, 1.82) is 0 Å². The van der Waals surface area contributed by atoms with E-state index in [-0.39, 0.29) is 11.6 Å². The molecular formula is C25H29FN3O2+. The molecule has 2 aromatic carbocycles. The zero-order chi connectivity index (χ0) is 22.0. The van der Waals surface area contributed by atoms with Crippen LogP contribution in [0.25, 0.3) is 0 Å². The number of benzene rings is 2. The van der Waals surface area contributed by atoms with Gasteiger partial charge in [-0.05, 0) is 49.7 Å². The van der Waals surface area contributed by atoms with E-state index in [1.807, 2.05) is 38.1 Å². The third kappa shape index (κ3) is 4.64. The molecule has 0 saturated carbocycles. The number of phenolic OH excluding ortho intramolecular Hbond substituents is 1. The van der Waals surface area contributed by atoms with E-state index in [2.05, 4.69) is 9.47 Å². The van der Waals surface area contributed by atoms with Gasteiger partial charge in [0, 0.05) is 23.5 Å². The number of halogens is 1. The van der Waals surface area contributed by atoms with Crippen molar-refractivity contribution in [3.8, 4) is 5.75 Å². The number of piperazine rings is 1. The average molecular weight is 423 g/mol. The predicted molar refractivity (Wildman–Crippen MR) is 120 cm³/mol. The lowest BCUT2D eigenvalue weighted by Crippen LogP contribution is -3.15. The summed E-state index contributed by atoms with van der Waals surface area (Å²) >= 11 is 0. The third-order valence-electron chi connectivity index (χ3n) is 6.23. The standard InChI is InChI=1S/C25H28FN3O2/c1-18-15-22(19(2)29(18)16-20-7-9-21(26)10-8-20)25(31)17-27-11-13-28(14-12-27)23-5-3-4-6-24(23)30/h3-10,15,30H,11-14,16-17H2,1-2H3/p+1. The summed E-state index contributed by atoms with van der Waals surface area (Å²) in [6.45, 7) is 8.41. The summed E-state index contributed by atoms with van der Waals surface area (Å²) in [5.74, 6) is 0.214. The monoisotopic (exact) mass is 422 g/mol. The molecule has 0 amide bonds. The lowest BCUT2D eigenvalue weighted by molar-refractivity contribution is -0.892. The highest BCUT2D eigenvalue weighted by Gasteiger charge is 2.25. The molecular weight excluding hydrogens is 393 g/mol. The number of aryl methyl sites for hydroxylation is 1. The largest absolute Gasteiger partial charge is 0.506 e. The fourth-order valence-electron chi connectivity index (χ4n) is 4.39. The number of phenols is 1. The van der Waals surface area contributed by atoms with E-state index >= 15 is 0 Å². The van der Waals surface area contributed by atoms with Crippen LogP contribution in [0, 0.1) is 19.7 Å². The summed E-state index contributed by atoms with van der Waals surface area (Å²) in [6, 6.07) is 15.9. The van der Waals surface area contributed by atoms with Crippen LogP contribution in [0.3, 0.4) is 0 Å². The summed E-state index contributed by atoms with van der Waals surface area (Å²) in [7, 11) is 0. The number of nitrogens with zero attached hydrogens (tertiary/aromatic N) is 2. The summed E-state index contributed by atoms with van der Waals surface area (Å²) < 4.78 is 15.3. The minimum atomic E-state index is -0.244. The number of carbonyl (C=O) groups is 1. The van der Waals surface area contributed by atoms with Crippen LogP contribution in [0.5, 0.6) is 5.75 Å². The zero-order valence-electron chi connectivity index (χ0n) is 18.1. The van der Waals surface area contributed by atoms with Crippen LogP contribution in [0.2, 0.25) is 0 Å². The SMILES string of the molecule is Cc1cc(C(=O)C[NH+]2CCN(c3ccccc3O)CC2)c(C)n1Cc1ccc(F)cc1.